The highest BCUT2D eigenvalue weighted by atomic mass is 35.7. The van der Waals surface area contributed by atoms with Crippen molar-refractivity contribution < 1.29 is 17.9 Å². The molecule has 5 nitrogen and oxygen atoms in total. The molecule has 0 heterocycles. The van der Waals surface area contributed by atoms with Gasteiger partial charge in [-0.15, -0.1) is 0 Å². The zero-order chi connectivity index (χ0) is 16.4. The Morgan fingerprint density at radius 2 is 1.90 bits per heavy atom. The van der Waals surface area contributed by atoms with E-state index in [-0.39, 0.29) is 21.6 Å². The van der Waals surface area contributed by atoms with Gasteiger partial charge in [0.15, 0.2) is 6.10 Å². The molecule has 0 spiro atoms. The van der Waals surface area contributed by atoms with Crippen molar-refractivity contribution in [1.29, 1.82) is 0 Å². The summed E-state index contributed by atoms with van der Waals surface area (Å²) in [5.74, 6) is -0.388. The van der Waals surface area contributed by atoms with Gasteiger partial charge < -0.3 is 10.1 Å². The number of benzene rings is 1. The van der Waals surface area contributed by atoms with Crippen molar-refractivity contribution in [3.63, 3.8) is 0 Å². The highest BCUT2D eigenvalue weighted by Crippen LogP contribution is 2.30. The van der Waals surface area contributed by atoms with Crippen molar-refractivity contribution in [3.8, 4) is 5.75 Å². The molecule has 0 bridgehead atoms. The van der Waals surface area contributed by atoms with Crippen LogP contribution >= 0.6 is 22.3 Å². The number of halogens is 2. The monoisotopic (exact) mass is 353 g/mol. The molecule has 1 atom stereocenters. The Morgan fingerprint density at radius 3 is 2.38 bits per heavy atom. The van der Waals surface area contributed by atoms with Gasteiger partial charge in [-0.25, -0.2) is 8.42 Å². The topological polar surface area (TPSA) is 72.5 Å². The maximum atomic E-state index is 11.9. The fourth-order valence-electron chi connectivity index (χ4n) is 1.49. The van der Waals surface area contributed by atoms with Crippen LogP contribution in [0.25, 0.3) is 0 Å². The maximum absolute atomic E-state index is 11.9. The molecule has 0 aliphatic heterocycles. The molecule has 0 aliphatic carbocycles. The van der Waals surface area contributed by atoms with Gasteiger partial charge in [0, 0.05) is 21.2 Å². The van der Waals surface area contributed by atoms with Gasteiger partial charge in [0.2, 0.25) is 0 Å². The molecule has 0 radical (unpaired) electrons. The summed E-state index contributed by atoms with van der Waals surface area (Å²) in [4.78, 5) is 11.7. The molecule has 1 unspecified atom stereocenters. The lowest BCUT2D eigenvalue weighted by Crippen LogP contribution is -2.46. The second-order valence-corrected chi connectivity index (χ2v) is 8.50. The van der Waals surface area contributed by atoms with Gasteiger partial charge in [-0.2, -0.15) is 0 Å². The Bertz CT molecular complexity index is 638. The SMILES string of the molecule is CC(Oc1ccc(Cl)cc1S(=O)(=O)Cl)C(=O)NC(C)(C)C. The van der Waals surface area contributed by atoms with Crippen LogP contribution in [0.3, 0.4) is 0 Å². The molecular weight excluding hydrogens is 337 g/mol. The molecule has 0 saturated heterocycles. The van der Waals surface area contributed by atoms with E-state index in [2.05, 4.69) is 5.32 Å². The van der Waals surface area contributed by atoms with Crippen molar-refractivity contribution in [2.75, 3.05) is 0 Å². The van der Waals surface area contributed by atoms with Gasteiger partial charge in [0.25, 0.3) is 15.0 Å². The molecule has 0 aromatic heterocycles. The highest BCUT2D eigenvalue weighted by molar-refractivity contribution is 8.13. The first-order valence-electron chi connectivity index (χ1n) is 6.13. The number of amides is 1. The third kappa shape index (κ3) is 5.73. The molecule has 118 valence electrons. The quantitative estimate of drug-likeness (QED) is 0.844. The summed E-state index contributed by atoms with van der Waals surface area (Å²) in [6, 6.07) is 3.99. The summed E-state index contributed by atoms with van der Waals surface area (Å²) in [7, 11) is 1.31. The van der Waals surface area contributed by atoms with E-state index >= 15 is 0 Å². The third-order valence-electron chi connectivity index (χ3n) is 2.34. The molecule has 1 amide bonds. The largest absolute Gasteiger partial charge is 0.479 e. The number of carbonyl (C=O) groups is 1. The summed E-state index contributed by atoms with van der Waals surface area (Å²) >= 11 is 5.75. The number of carbonyl (C=O) groups excluding carboxylic acids is 1. The fraction of sp³-hybridized carbons (Fsp3) is 0.462. The minimum absolute atomic E-state index is 0.0223. The molecular formula is C13H17Cl2NO4S. The summed E-state index contributed by atoms with van der Waals surface area (Å²) in [6.45, 7) is 7.00. The Labute approximate surface area is 134 Å². The minimum Gasteiger partial charge on any atom is -0.479 e. The van der Waals surface area contributed by atoms with Crippen LogP contribution in [0.4, 0.5) is 0 Å². The van der Waals surface area contributed by atoms with Crippen LogP contribution in [0.15, 0.2) is 23.1 Å². The lowest BCUT2D eigenvalue weighted by molar-refractivity contribution is -0.128. The van der Waals surface area contributed by atoms with Gasteiger partial charge in [-0.05, 0) is 45.9 Å². The second-order valence-electron chi connectivity index (χ2n) is 5.53. The number of hydrogen-bond donors (Lipinski definition) is 1. The summed E-state index contributed by atoms with van der Waals surface area (Å²) in [5, 5.41) is 2.94. The molecule has 8 heteroatoms. The van der Waals surface area contributed by atoms with Gasteiger partial charge in [-0.1, -0.05) is 11.6 Å². The first-order chi connectivity index (χ1) is 9.40. The third-order valence-corrected chi connectivity index (χ3v) is 3.92. The number of hydrogen-bond acceptors (Lipinski definition) is 4. The van der Waals surface area contributed by atoms with Crippen LogP contribution in [0.1, 0.15) is 27.7 Å². The van der Waals surface area contributed by atoms with Crippen LogP contribution in [-0.4, -0.2) is 26.0 Å². The number of ether oxygens (including phenoxy) is 1. The Kier molecular flexibility index (Phi) is 5.52. The van der Waals surface area contributed by atoms with Crippen molar-refractivity contribution in [2.45, 2.75) is 44.2 Å². The predicted molar refractivity (Wildman–Crippen MR) is 82.5 cm³/mol. The smallest absolute Gasteiger partial charge is 0.265 e. The predicted octanol–water partition coefficient (Wildman–Crippen LogP) is 2.95. The zero-order valence-electron chi connectivity index (χ0n) is 12.1. The maximum Gasteiger partial charge on any atom is 0.265 e. The summed E-state index contributed by atoms with van der Waals surface area (Å²) in [5.41, 5.74) is -0.421. The van der Waals surface area contributed by atoms with E-state index < -0.39 is 20.7 Å². The van der Waals surface area contributed by atoms with Crippen molar-refractivity contribution in [2.24, 2.45) is 0 Å². The second kappa shape index (κ2) is 6.42. The standard InChI is InChI=1S/C13H17Cl2NO4S/c1-8(12(17)16-13(2,3)4)20-10-6-5-9(14)7-11(10)21(15,18)19/h5-8H,1-4H3,(H,16,17). The number of rotatable bonds is 4. The van der Waals surface area contributed by atoms with E-state index in [0.717, 1.165) is 0 Å². The van der Waals surface area contributed by atoms with Crippen LogP contribution in [0, 0.1) is 0 Å². The lowest BCUT2D eigenvalue weighted by atomic mass is 10.1. The molecule has 21 heavy (non-hydrogen) atoms. The van der Waals surface area contributed by atoms with E-state index in [9.17, 15) is 13.2 Å². The minimum atomic E-state index is -4.03. The van der Waals surface area contributed by atoms with E-state index in [1.54, 1.807) is 0 Å². The van der Waals surface area contributed by atoms with Gasteiger partial charge in [0.05, 0.1) is 0 Å². The number of nitrogens with one attached hydrogen (secondary N) is 1. The summed E-state index contributed by atoms with van der Waals surface area (Å²) < 4.78 is 28.4. The van der Waals surface area contributed by atoms with E-state index in [1.807, 2.05) is 20.8 Å². The zero-order valence-corrected chi connectivity index (χ0v) is 14.4. The first-order valence-corrected chi connectivity index (χ1v) is 8.82. The average Bonchev–Trinajstić information content (AvgIpc) is 2.27. The lowest BCUT2D eigenvalue weighted by Gasteiger charge is -2.24. The molecule has 1 rings (SSSR count). The normalized spacial score (nSPS) is 13.6. The molecule has 0 saturated carbocycles. The van der Waals surface area contributed by atoms with Crippen LogP contribution in [0.2, 0.25) is 5.02 Å². The molecule has 0 aliphatic rings. The first kappa shape index (κ1) is 18.1. The molecule has 1 aromatic carbocycles. The van der Waals surface area contributed by atoms with E-state index in [1.165, 1.54) is 25.1 Å². The summed E-state index contributed by atoms with van der Waals surface area (Å²) in [6.07, 6.45) is -0.887. The van der Waals surface area contributed by atoms with Crippen LogP contribution in [0.5, 0.6) is 5.75 Å². The Morgan fingerprint density at radius 1 is 1.33 bits per heavy atom. The fourth-order valence-corrected chi connectivity index (χ4v) is 2.71. The van der Waals surface area contributed by atoms with Gasteiger partial charge >= 0.3 is 0 Å². The average molecular weight is 354 g/mol. The Balaban J connectivity index is 3.01. The van der Waals surface area contributed by atoms with Crippen molar-refractivity contribution >= 4 is 37.2 Å². The van der Waals surface area contributed by atoms with Gasteiger partial charge in [0.1, 0.15) is 10.6 Å². The van der Waals surface area contributed by atoms with E-state index in [4.69, 9.17) is 27.0 Å². The molecule has 1 N–H and O–H groups in total. The van der Waals surface area contributed by atoms with Crippen molar-refractivity contribution in [1.82, 2.24) is 5.32 Å². The van der Waals surface area contributed by atoms with Crippen molar-refractivity contribution in [3.05, 3.63) is 23.2 Å². The van der Waals surface area contributed by atoms with Crippen LogP contribution < -0.4 is 10.1 Å². The van der Waals surface area contributed by atoms with Gasteiger partial charge in [-0.3, -0.25) is 4.79 Å². The molecule has 0 fully saturated rings. The highest BCUT2D eigenvalue weighted by Gasteiger charge is 2.24. The van der Waals surface area contributed by atoms with E-state index in [0.29, 0.717) is 0 Å². The van der Waals surface area contributed by atoms with Crippen LogP contribution in [-0.2, 0) is 13.8 Å². The Hall–Kier alpha value is -0.980. The molecule has 1 aromatic rings.